The minimum atomic E-state index is -0.625. The highest BCUT2D eigenvalue weighted by molar-refractivity contribution is 6.09. The van der Waals surface area contributed by atoms with Gasteiger partial charge in [-0.05, 0) is 12.1 Å². The van der Waals surface area contributed by atoms with Crippen LogP contribution in [0.1, 0.15) is 10.4 Å². The Morgan fingerprint density at radius 3 is 2.74 bits per heavy atom. The monoisotopic (exact) mass is 362 g/mol. The predicted molar refractivity (Wildman–Crippen MR) is 105 cm³/mol. The number of amides is 1. The van der Waals surface area contributed by atoms with Crippen LogP contribution in [0, 0.1) is 0 Å². The molecule has 1 amide bonds. The lowest BCUT2D eigenvalue weighted by atomic mass is 10.1. The van der Waals surface area contributed by atoms with Crippen LogP contribution >= 0.6 is 0 Å². The van der Waals surface area contributed by atoms with Crippen molar-refractivity contribution in [2.45, 2.75) is 0 Å². The zero-order valence-corrected chi connectivity index (χ0v) is 14.4. The zero-order chi connectivity index (χ0) is 18.8. The molecule has 4 rings (SSSR count). The number of furan rings is 1. The molecule has 6 N–H and O–H groups in total. The van der Waals surface area contributed by atoms with E-state index in [1.807, 2.05) is 42.5 Å². The summed E-state index contributed by atoms with van der Waals surface area (Å²) in [5.74, 6) is 0.0226. The van der Waals surface area contributed by atoms with E-state index in [0.717, 1.165) is 16.4 Å². The molecule has 27 heavy (non-hydrogen) atoms. The maximum absolute atomic E-state index is 11.8. The lowest BCUT2D eigenvalue weighted by Gasteiger charge is -2.11. The molecular formula is C19H18N6O2. The summed E-state index contributed by atoms with van der Waals surface area (Å²) in [6.07, 6.45) is 1.38. The third kappa shape index (κ3) is 3.13. The number of aromatic nitrogens is 2. The van der Waals surface area contributed by atoms with Gasteiger partial charge in [0.1, 0.15) is 17.0 Å². The van der Waals surface area contributed by atoms with Crippen molar-refractivity contribution in [3.63, 3.8) is 0 Å². The Labute approximate surface area is 154 Å². The average molecular weight is 362 g/mol. The van der Waals surface area contributed by atoms with Gasteiger partial charge in [0.05, 0.1) is 5.69 Å². The Hall–Kier alpha value is -3.65. The van der Waals surface area contributed by atoms with Crippen molar-refractivity contribution in [2.24, 2.45) is 11.5 Å². The minimum absolute atomic E-state index is 0.182. The predicted octanol–water partition coefficient (Wildman–Crippen LogP) is 2.59. The summed E-state index contributed by atoms with van der Waals surface area (Å²) < 4.78 is 6.00. The van der Waals surface area contributed by atoms with E-state index in [4.69, 9.17) is 15.9 Å². The van der Waals surface area contributed by atoms with E-state index >= 15 is 0 Å². The highest BCUT2D eigenvalue weighted by atomic mass is 16.3. The van der Waals surface area contributed by atoms with Crippen molar-refractivity contribution in [3.05, 3.63) is 54.2 Å². The molecule has 0 atom stereocenters. The van der Waals surface area contributed by atoms with Gasteiger partial charge in [-0.1, -0.05) is 30.3 Å². The van der Waals surface area contributed by atoms with Crippen molar-refractivity contribution in [1.82, 2.24) is 9.97 Å². The molecule has 0 spiro atoms. The van der Waals surface area contributed by atoms with Crippen LogP contribution in [-0.4, -0.2) is 29.0 Å². The number of fused-ring (bicyclic) bond motifs is 3. The van der Waals surface area contributed by atoms with E-state index in [0.29, 0.717) is 36.1 Å². The number of nitrogens with two attached hydrogens (primary N) is 2. The standard InChI is InChI=1S/C19H18N6O2/c20-8-9-22-19-23-10-13(17(21)26)18(25-19)24-14-6-3-5-12-11-4-1-2-7-15(11)27-16(12)14/h1-7,10H,8-9,20H2,(H2,21,26)(H2,22,23,24,25). The number of nitrogens with zero attached hydrogens (tertiary/aromatic N) is 2. The van der Waals surface area contributed by atoms with Gasteiger partial charge in [-0.3, -0.25) is 4.79 Å². The second-order valence-electron chi connectivity index (χ2n) is 5.94. The summed E-state index contributed by atoms with van der Waals surface area (Å²) in [7, 11) is 0. The van der Waals surface area contributed by atoms with E-state index in [2.05, 4.69) is 20.6 Å². The number of benzene rings is 2. The molecule has 0 saturated heterocycles. The Morgan fingerprint density at radius 2 is 1.93 bits per heavy atom. The summed E-state index contributed by atoms with van der Waals surface area (Å²) in [6, 6.07) is 13.5. The molecule has 0 unspecified atom stereocenters. The molecule has 4 aromatic rings. The number of nitrogens with one attached hydrogen (secondary N) is 2. The first-order chi connectivity index (χ1) is 13.2. The largest absolute Gasteiger partial charge is 0.454 e. The molecule has 0 saturated carbocycles. The molecule has 8 nitrogen and oxygen atoms in total. The van der Waals surface area contributed by atoms with E-state index in [-0.39, 0.29) is 5.56 Å². The number of hydrogen-bond donors (Lipinski definition) is 4. The molecule has 0 radical (unpaired) electrons. The molecule has 0 aliphatic rings. The van der Waals surface area contributed by atoms with Gasteiger partial charge in [0.15, 0.2) is 5.58 Å². The van der Waals surface area contributed by atoms with Crippen LogP contribution in [0.15, 0.2) is 53.1 Å². The lowest BCUT2D eigenvalue weighted by molar-refractivity contribution is 0.100. The van der Waals surface area contributed by atoms with Crippen molar-refractivity contribution in [1.29, 1.82) is 0 Å². The molecule has 136 valence electrons. The van der Waals surface area contributed by atoms with Crippen LogP contribution < -0.4 is 22.1 Å². The van der Waals surface area contributed by atoms with Crippen molar-refractivity contribution < 1.29 is 9.21 Å². The second-order valence-corrected chi connectivity index (χ2v) is 5.94. The van der Waals surface area contributed by atoms with Crippen LogP contribution in [0.2, 0.25) is 0 Å². The van der Waals surface area contributed by atoms with Gasteiger partial charge in [-0.25, -0.2) is 4.98 Å². The Bertz CT molecular complexity index is 1140. The first-order valence-corrected chi connectivity index (χ1v) is 8.45. The van der Waals surface area contributed by atoms with Crippen LogP contribution in [-0.2, 0) is 0 Å². The van der Waals surface area contributed by atoms with Gasteiger partial charge in [0.25, 0.3) is 5.91 Å². The third-order valence-corrected chi connectivity index (χ3v) is 4.14. The summed E-state index contributed by atoms with van der Waals surface area (Å²) >= 11 is 0. The van der Waals surface area contributed by atoms with Crippen LogP contribution in [0.3, 0.4) is 0 Å². The van der Waals surface area contributed by atoms with Gasteiger partial charge >= 0.3 is 0 Å². The van der Waals surface area contributed by atoms with E-state index in [9.17, 15) is 4.79 Å². The summed E-state index contributed by atoms with van der Waals surface area (Å²) in [5, 5.41) is 8.12. The maximum Gasteiger partial charge on any atom is 0.254 e. The van der Waals surface area contributed by atoms with Crippen LogP contribution in [0.5, 0.6) is 0 Å². The minimum Gasteiger partial charge on any atom is -0.454 e. The molecule has 0 fully saturated rings. The van der Waals surface area contributed by atoms with E-state index < -0.39 is 5.91 Å². The maximum atomic E-state index is 11.8. The first kappa shape index (κ1) is 16.8. The molecule has 2 heterocycles. The Morgan fingerprint density at radius 1 is 1.11 bits per heavy atom. The Kier molecular flexibility index (Phi) is 4.31. The van der Waals surface area contributed by atoms with Crippen molar-refractivity contribution in [3.8, 4) is 0 Å². The number of carbonyl (C=O) groups is 1. The number of anilines is 3. The van der Waals surface area contributed by atoms with Gasteiger partial charge < -0.3 is 26.5 Å². The van der Waals surface area contributed by atoms with Crippen LogP contribution in [0.25, 0.3) is 21.9 Å². The molecule has 8 heteroatoms. The SMILES string of the molecule is NCCNc1ncc(C(N)=O)c(Nc2cccc3c2oc2ccccc23)n1. The Balaban J connectivity index is 1.80. The molecule has 2 aromatic heterocycles. The normalized spacial score (nSPS) is 11.0. The fraction of sp³-hybridized carbons (Fsp3) is 0.105. The van der Waals surface area contributed by atoms with Gasteiger partial charge in [0, 0.05) is 30.1 Å². The molecule has 0 aliphatic carbocycles. The average Bonchev–Trinajstić information content (AvgIpc) is 3.06. The lowest BCUT2D eigenvalue weighted by Crippen LogP contribution is -2.18. The van der Waals surface area contributed by atoms with Crippen molar-refractivity contribution in [2.75, 3.05) is 23.7 Å². The quantitative estimate of drug-likeness (QED) is 0.414. The number of rotatable bonds is 6. The van der Waals surface area contributed by atoms with Crippen LogP contribution in [0.4, 0.5) is 17.5 Å². The third-order valence-electron chi connectivity index (χ3n) is 4.14. The first-order valence-electron chi connectivity index (χ1n) is 8.45. The molecule has 0 bridgehead atoms. The number of primary amides is 1. The smallest absolute Gasteiger partial charge is 0.254 e. The van der Waals surface area contributed by atoms with Gasteiger partial charge in [-0.15, -0.1) is 0 Å². The summed E-state index contributed by atoms with van der Waals surface area (Å²) in [4.78, 5) is 20.2. The van der Waals surface area contributed by atoms with E-state index in [1.54, 1.807) is 0 Å². The highest BCUT2D eigenvalue weighted by Crippen LogP contribution is 2.34. The number of para-hydroxylation sites is 2. The number of hydrogen-bond acceptors (Lipinski definition) is 7. The topological polar surface area (TPSA) is 132 Å². The molecular weight excluding hydrogens is 344 g/mol. The second kappa shape index (κ2) is 6.93. The van der Waals surface area contributed by atoms with Gasteiger partial charge in [-0.2, -0.15) is 4.98 Å². The molecule has 2 aromatic carbocycles. The summed E-state index contributed by atoms with van der Waals surface area (Å²) in [5.41, 5.74) is 13.3. The van der Waals surface area contributed by atoms with E-state index in [1.165, 1.54) is 6.20 Å². The molecule has 0 aliphatic heterocycles. The highest BCUT2D eigenvalue weighted by Gasteiger charge is 2.16. The van der Waals surface area contributed by atoms with Gasteiger partial charge in [0.2, 0.25) is 5.95 Å². The van der Waals surface area contributed by atoms with Crippen molar-refractivity contribution >= 4 is 45.3 Å². The fourth-order valence-corrected chi connectivity index (χ4v) is 2.90. The fourth-order valence-electron chi connectivity index (χ4n) is 2.90. The summed E-state index contributed by atoms with van der Waals surface area (Å²) in [6.45, 7) is 0.941. The number of carbonyl (C=O) groups excluding carboxylic acids is 1. The zero-order valence-electron chi connectivity index (χ0n) is 14.4.